The lowest BCUT2D eigenvalue weighted by Gasteiger charge is -2.16. The second kappa shape index (κ2) is 9.50. The fourth-order valence-electron chi connectivity index (χ4n) is 3.57. The zero-order valence-corrected chi connectivity index (χ0v) is 19.7. The van der Waals surface area contributed by atoms with Gasteiger partial charge in [0.1, 0.15) is 5.75 Å². The number of ether oxygens (including phenoxy) is 1. The summed E-state index contributed by atoms with van der Waals surface area (Å²) >= 11 is 1.29. The van der Waals surface area contributed by atoms with Gasteiger partial charge in [0.15, 0.2) is 5.16 Å². The Bertz CT molecular complexity index is 1360. The molecule has 2 aromatic heterocycles. The third kappa shape index (κ3) is 4.49. The first-order chi connectivity index (χ1) is 15.9. The highest BCUT2D eigenvalue weighted by Gasteiger charge is 2.23. The lowest BCUT2D eigenvalue weighted by atomic mass is 10.1. The molecule has 0 aliphatic rings. The first kappa shape index (κ1) is 22.6. The second-order valence-corrected chi connectivity index (χ2v) is 8.79. The number of para-hydroxylation sites is 1. The van der Waals surface area contributed by atoms with Crippen molar-refractivity contribution in [1.82, 2.24) is 19.2 Å². The van der Waals surface area contributed by atoms with Crippen molar-refractivity contribution < 1.29 is 9.53 Å². The van der Waals surface area contributed by atoms with Crippen LogP contribution in [0.3, 0.4) is 0 Å². The van der Waals surface area contributed by atoms with Crippen molar-refractivity contribution in [1.29, 1.82) is 0 Å². The maximum absolute atomic E-state index is 13.1. The zero-order valence-electron chi connectivity index (χ0n) is 18.9. The van der Waals surface area contributed by atoms with E-state index in [1.165, 1.54) is 16.3 Å². The number of anilines is 1. The minimum atomic E-state index is -0.391. The summed E-state index contributed by atoms with van der Waals surface area (Å²) in [6, 6.07) is 13.1. The first-order valence-corrected chi connectivity index (χ1v) is 11.5. The molecule has 2 heterocycles. The highest BCUT2D eigenvalue weighted by Crippen LogP contribution is 2.27. The van der Waals surface area contributed by atoms with Gasteiger partial charge in [0, 0.05) is 24.1 Å². The van der Waals surface area contributed by atoms with Gasteiger partial charge in [-0.2, -0.15) is 0 Å². The quantitative estimate of drug-likeness (QED) is 0.417. The molecule has 1 atom stereocenters. The number of methoxy groups -OCH3 is 1. The number of benzene rings is 2. The van der Waals surface area contributed by atoms with Crippen LogP contribution < -0.4 is 15.6 Å². The Labute approximate surface area is 195 Å². The molecule has 170 valence electrons. The molecule has 0 radical (unpaired) electrons. The van der Waals surface area contributed by atoms with Crippen molar-refractivity contribution in [3.63, 3.8) is 0 Å². The van der Waals surface area contributed by atoms with Gasteiger partial charge in [0.2, 0.25) is 11.6 Å². The number of nitrogens with one attached hydrogen (secondary N) is 1. The first-order valence-electron chi connectivity index (χ1n) is 10.6. The maximum Gasteiger partial charge on any atom is 0.300 e. The molecular weight excluding hydrogens is 438 g/mol. The Hall–Kier alpha value is -3.59. The number of rotatable bonds is 7. The van der Waals surface area contributed by atoms with Crippen LogP contribution in [-0.4, -0.2) is 37.4 Å². The van der Waals surface area contributed by atoms with Gasteiger partial charge in [0.05, 0.1) is 18.0 Å². The van der Waals surface area contributed by atoms with Gasteiger partial charge in [-0.05, 0) is 43.5 Å². The van der Waals surface area contributed by atoms with Crippen molar-refractivity contribution in [2.75, 3.05) is 12.4 Å². The number of carbonyl (C=O) groups excluding carboxylic acids is 1. The molecule has 0 bridgehead atoms. The summed E-state index contributed by atoms with van der Waals surface area (Å²) in [5.41, 5.74) is 3.39. The van der Waals surface area contributed by atoms with Gasteiger partial charge >= 0.3 is 5.56 Å². The minimum Gasteiger partial charge on any atom is -0.497 e. The molecule has 0 aliphatic heterocycles. The van der Waals surface area contributed by atoms with Crippen LogP contribution in [0.1, 0.15) is 24.5 Å². The molecule has 33 heavy (non-hydrogen) atoms. The third-order valence-electron chi connectivity index (χ3n) is 5.41. The molecule has 4 rings (SSSR count). The normalized spacial score (nSPS) is 12.0. The molecule has 9 heteroatoms. The van der Waals surface area contributed by atoms with Crippen molar-refractivity contribution in [2.45, 2.75) is 37.6 Å². The molecule has 0 spiro atoms. The molecule has 1 unspecified atom stereocenters. The average molecular weight is 464 g/mol. The predicted molar refractivity (Wildman–Crippen MR) is 130 cm³/mol. The third-order valence-corrected chi connectivity index (χ3v) is 6.73. The van der Waals surface area contributed by atoms with E-state index in [1.807, 2.05) is 57.2 Å². The van der Waals surface area contributed by atoms with Gasteiger partial charge in [-0.15, -0.1) is 10.2 Å². The summed E-state index contributed by atoms with van der Waals surface area (Å²) in [6.07, 6.45) is 3.99. The van der Waals surface area contributed by atoms with Crippen molar-refractivity contribution in [3.8, 4) is 11.4 Å². The number of carbonyl (C=O) groups is 1. The summed E-state index contributed by atoms with van der Waals surface area (Å²) in [5.74, 6) is 0.541. The molecular formula is C24H25N5O3S. The number of aryl methyl sites for hydroxylation is 2. The van der Waals surface area contributed by atoms with Crippen LogP contribution in [-0.2, 0) is 4.79 Å². The Morgan fingerprint density at radius 2 is 1.85 bits per heavy atom. The van der Waals surface area contributed by atoms with E-state index in [-0.39, 0.29) is 17.1 Å². The lowest BCUT2D eigenvalue weighted by Crippen LogP contribution is -2.26. The van der Waals surface area contributed by atoms with Gasteiger partial charge in [-0.1, -0.05) is 43.0 Å². The van der Waals surface area contributed by atoms with Crippen LogP contribution >= 0.6 is 11.8 Å². The summed E-state index contributed by atoms with van der Waals surface area (Å²) in [6.45, 7) is 5.88. The topological polar surface area (TPSA) is 90.5 Å². The number of fused-ring (bicyclic) bond motifs is 1. The zero-order chi connectivity index (χ0) is 23.5. The van der Waals surface area contributed by atoms with E-state index in [1.54, 1.807) is 30.0 Å². The summed E-state index contributed by atoms with van der Waals surface area (Å²) in [5, 5.41) is 11.4. The Morgan fingerprint density at radius 1 is 1.12 bits per heavy atom. The molecule has 0 saturated heterocycles. The molecule has 1 N–H and O–H groups in total. The number of amides is 1. The number of nitrogens with zero attached hydrogens (tertiary/aromatic N) is 4. The second-order valence-electron chi connectivity index (χ2n) is 7.62. The van der Waals surface area contributed by atoms with Crippen molar-refractivity contribution in [2.24, 2.45) is 0 Å². The van der Waals surface area contributed by atoms with Crippen LogP contribution in [0.2, 0.25) is 0 Å². The predicted octanol–water partition coefficient (Wildman–Crippen LogP) is 4.02. The highest BCUT2D eigenvalue weighted by atomic mass is 32.2. The van der Waals surface area contributed by atoms with E-state index < -0.39 is 5.25 Å². The molecule has 8 nitrogen and oxygen atoms in total. The van der Waals surface area contributed by atoms with Gasteiger partial charge < -0.3 is 10.1 Å². The van der Waals surface area contributed by atoms with E-state index in [0.717, 1.165) is 16.8 Å². The summed E-state index contributed by atoms with van der Waals surface area (Å²) in [4.78, 5) is 26.1. The maximum atomic E-state index is 13.1. The molecule has 0 saturated carbocycles. The Morgan fingerprint density at radius 3 is 2.55 bits per heavy atom. The van der Waals surface area contributed by atoms with Gasteiger partial charge in [-0.3, -0.25) is 18.6 Å². The minimum absolute atomic E-state index is 0.110. The van der Waals surface area contributed by atoms with Crippen LogP contribution in [0.4, 0.5) is 5.69 Å². The van der Waals surface area contributed by atoms with Crippen LogP contribution in [0.25, 0.3) is 11.3 Å². The van der Waals surface area contributed by atoms with Crippen LogP contribution in [0, 0.1) is 13.8 Å². The van der Waals surface area contributed by atoms with Crippen molar-refractivity contribution >= 4 is 29.0 Å². The standard InChI is InChI=1S/C24H25N5O3S/c1-5-19(22(30)25-20-15(2)8-6-9-16(20)3)33-24-27-26-21-23(31)28(12-13-29(21)24)17-10-7-11-18(14-17)32-4/h6-14,19H,5H2,1-4H3,(H,25,30). The van der Waals surface area contributed by atoms with Crippen molar-refractivity contribution in [3.05, 3.63) is 76.3 Å². The molecule has 2 aromatic carbocycles. The van der Waals surface area contributed by atoms with E-state index in [4.69, 9.17) is 4.74 Å². The van der Waals surface area contributed by atoms with Crippen LogP contribution in [0.15, 0.2) is 64.8 Å². The fraction of sp³-hybridized carbons (Fsp3) is 0.250. The van der Waals surface area contributed by atoms with Crippen LogP contribution in [0.5, 0.6) is 5.75 Å². The Balaban J connectivity index is 1.61. The van der Waals surface area contributed by atoms with E-state index in [9.17, 15) is 9.59 Å². The largest absolute Gasteiger partial charge is 0.497 e. The van der Waals surface area contributed by atoms with E-state index in [0.29, 0.717) is 23.0 Å². The fourth-order valence-corrected chi connectivity index (χ4v) is 4.51. The Kier molecular flexibility index (Phi) is 6.50. The summed E-state index contributed by atoms with van der Waals surface area (Å²) in [7, 11) is 1.58. The molecule has 0 aliphatic carbocycles. The summed E-state index contributed by atoms with van der Waals surface area (Å²) < 4.78 is 8.37. The molecule has 0 fully saturated rings. The number of thioether (sulfide) groups is 1. The number of aromatic nitrogens is 4. The number of hydrogen-bond donors (Lipinski definition) is 1. The monoisotopic (exact) mass is 463 g/mol. The smallest absolute Gasteiger partial charge is 0.300 e. The number of hydrogen-bond acceptors (Lipinski definition) is 6. The molecule has 4 aromatic rings. The highest BCUT2D eigenvalue weighted by molar-refractivity contribution is 8.00. The van der Waals surface area contributed by atoms with Gasteiger partial charge in [0.25, 0.3) is 0 Å². The SMILES string of the molecule is CCC(Sc1nnc2c(=O)n(-c3cccc(OC)c3)ccn12)C(=O)Nc1c(C)cccc1C. The average Bonchev–Trinajstić information content (AvgIpc) is 3.23. The van der Waals surface area contributed by atoms with E-state index >= 15 is 0 Å². The van der Waals surface area contributed by atoms with E-state index in [2.05, 4.69) is 15.5 Å². The lowest BCUT2D eigenvalue weighted by molar-refractivity contribution is -0.115. The van der Waals surface area contributed by atoms with Gasteiger partial charge in [-0.25, -0.2) is 0 Å². The molecule has 1 amide bonds.